The van der Waals surface area contributed by atoms with E-state index in [1.165, 1.54) is 11.6 Å². The minimum Gasteiger partial charge on any atom is -0.309 e. The largest absolute Gasteiger partial charge is 0.309 e. The lowest BCUT2D eigenvalue weighted by molar-refractivity contribution is 0.615. The zero-order valence-electron chi connectivity index (χ0n) is 11.8. The lowest BCUT2D eigenvalue weighted by atomic mass is 9.97. The Morgan fingerprint density at radius 1 is 1.10 bits per heavy atom. The number of hydrogen-bond acceptors (Lipinski definition) is 1. The standard InChI is InChI=1S/C17H19BrFN/c1-3-4-12-5-7-13(8-6-12)17(20-2)14-9-15(18)11-16(19)10-14/h5-11,17,20H,3-4H2,1-2H3. The minimum atomic E-state index is -0.225. The van der Waals surface area contributed by atoms with Gasteiger partial charge >= 0.3 is 0 Å². The molecule has 1 unspecified atom stereocenters. The molecule has 0 heterocycles. The zero-order chi connectivity index (χ0) is 14.5. The van der Waals surface area contributed by atoms with Crippen molar-refractivity contribution in [1.29, 1.82) is 0 Å². The molecule has 2 aromatic rings. The molecule has 2 rings (SSSR count). The zero-order valence-corrected chi connectivity index (χ0v) is 13.4. The number of hydrogen-bond donors (Lipinski definition) is 1. The summed E-state index contributed by atoms with van der Waals surface area (Å²) in [5.41, 5.74) is 3.40. The van der Waals surface area contributed by atoms with E-state index in [1.807, 2.05) is 13.1 Å². The molecular formula is C17H19BrFN. The Morgan fingerprint density at radius 2 is 1.80 bits per heavy atom. The van der Waals surface area contributed by atoms with Gasteiger partial charge in [0, 0.05) is 4.47 Å². The molecule has 0 fully saturated rings. The van der Waals surface area contributed by atoms with Crippen molar-refractivity contribution in [3.8, 4) is 0 Å². The third-order valence-electron chi connectivity index (χ3n) is 3.36. The fourth-order valence-electron chi connectivity index (χ4n) is 2.43. The van der Waals surface area contributed by atoms with Gasteiger partial charge in [-0.2, -0.15) is 0 Å². The van der Waals surface area contributed by atoms with Crippen LogP contribution in [-0.4, -0.2) is 7.05 Å². The Bertz CT molecular complexity index is 545. The van der Waals surface area contributed by atoms with Crippen molar-refractivity contribution in [2.75, 3.05) is 7.05 Å². The monoisotopic (exact) mass is 335 g/mol. The molecule has 0 aliphatic rings. The molecule has 0 aliphatic carbocycles. The Kier molecular flexibility index (Phi) is 5.32. The van der Waals surface area contributed by atoms with Crippen molar-refractivity contribution >= 4 is 15.9 Å². The van der Waals surface area contributed by atoms with E-state index < -0.39 is 0 Å². The maximum atomic E-state index is 13.5. The van der Waals surface area contributed by atoms with Crippen LogP contribution in [0.2, 0.25) is 0 Å². The third-order valence-corrected chi connectivity index (χ3v) is 3.82. The smallest absolute Gasteiger partial charge is 0.124 e. The average molecular weight is 336 g/mol. The van der Waals surface area contributed by atoms with Gasteiger partial charge in [-0.3, -0.25) is 0 Å². The second-order valence-corrected chi connectivity index (χ2v) is 5.83. The Morgan fingerprint density at radius 3 is 2.35 bits per heavy atom. The van der Waals surface area contributed by atoms with Crippen LogP contribution in [0.25, 0.3) is 0 Å². The summed E-state index contributed by atoms with van der Waals surface area (Å²) in [5, 5.41) is 3.25. The molecule has 1 atom stereocenters. The van der Waals surface area contributed by atoms with E-state index in [9.17, 15) is 4.39 Å². The fraction of sp³-hybridized carbons (Fsp3) is 0.294. The quantitative estimate of drug-likeness (QED) is 0.823. The molecule has 0 aromatic heterocycles. The van der Waals surface area contributed by atoms with Crippen LogP contribution < -0.4 is 5.32 Å². The summed E-state index contributed by atoms with van der Waals surface area (Å²) < 4.78 is 14.3. The van der Waals surface area contributed by atoms with Crippen LogP contribution in [-0.2, 0) is 6.42 Å². The lowest BCUT2D eigenvalue weighted by Gasteiger charge is -2.18. The van der Waals surface area contributed by atoms with Crippen LogP contribution in [0.3, 0.4) is 0 Å². The van der Waals surface area contributed by atoms with E-state index in [1.54, 1.807) is 6.07 Å². The Labute approximate surface area is 128 Å². The number of rotatable bonds is 5. The molecule has 0 aliphatic heterocycles. The topological polar surface area (TPSA) is 12.0 Å². The molecule has 0 bridgehead atoms. The van der Waals surface area contributed by atoms with Crippen LogP contribution in [0, 0.1) is 5.82 Å². The van der Waals surface area contributed by atoms with E-state index in [0.29, 0.717) is 0 Å². The molecular weight excluding hydrogens is 317 g/mol. The molecule has 106 valence electrons. The van der Waals surface area contributed by atoms with Crippen molar-refractivity contribution in [2.24, 2.45) is 0 Å². The molecule has 0 saturated carbocycles. The van der Waals surface area contributed by atoms with Crippen molar-refractivity contribution in [1.82, 2.24) is 5.32 Å². The van der Waals surface area contributed by atoms with E-state index in [0.717, 1.165) is 28.4 Å². The highest BCUT2D eigenvalue weighted by Gasteiger charge is 2.13. The first-order valence-electron chi connectivity index (χ1n) is 6.86. The van der Waals surface area contributed by atoms with E-state index in [-0.39, 0.29) is 11.9 Å². The van der Waals surface area contributed by atoms with Gasteiger partial charge in [0.2, 0.25) is 0 Å². The average Bonchev–Trinajstić information content (AvgIpc) is 2.41. The molecule has 0 saturated heterocycles. The number of aryl methyl sites for hydroxylation is 1. The van der Waals surface area contributed by atoms with Gasteiger partial charge in [-0.1, -0.05) is 53.5 Å². The van der Waals surface area contributed by atoms with Crippen molar-refractivity contribution in [3.05, 3.63) is 69.4 Å². The van der Waals surface area contributed by atoms with Gasteiger partial charge in [-0.05, 0) is 48.4 Å². The van der Waals surface area contributed by atoms with Gasteiger partial charge in [0.15, 0.2) is 0 Å². The van der Waals surface area contributed by atoms with Gasteiger partial charge in [0.25, 0.3) is 0 Å². The Balaban J connectivity index is 2.31. The molecule has 3 heteroatoms. The molecule has 0 amide bonds. The van der Waals surface area contributed by atoms with E-state index in [4.69, 9.17) is 0 Å². The Hall–Kier alpha value is -1.19. The van der Waals surface area contributed by atoms with Crippen LogP contribution in [0.4, 0.5) is 4.39 Å². The summed E-state index contributed by atoms with van der Waals surface area (Å²) in [6.07, 6.45) is 2.24. The van der Waals surface area contributed by atoms with E-state index >= 15 is 0 Å². The van der Waals surface area contributed by atoms with Gasteiger partial charge in [0.1, 0.15) is 5.82 Å². The first kappa shape index (κ1) is 15.2. The van der Waals surface area contributed by atoms with Crippen molar-refractivity contribution < 1.29 is 4.39 Å². The normalized spacial score (nSPS) is 12.4. The van der Waals surface area contributed by atoms with Crippen LogP contribution in [0.1, 0.15) is 36.1 Å². The summed E-state index contributed by atoms with van der Waals surface area (Å²) in [6.45, 7) is 2.18. The molecule has 1 nitrogen and oxygen atoms in total. The summed E-state index contributed by atoms with van der Waals surface area (Å²) in [6, 6.07) is 13.5. The predicted octanol–water partition coefficient (Wildman–Crippen LogP) is 4.85. The molecule has 0 radical (unpaired) electrons. The highest BCUT2D eigenvalue weighted by atomic mass is 79.9. The highest BCUT2D eigenvalue weighted by molar-refractivity contribution is 9.10. The lowest BCUT2D eigenvalue weighted by Crippen LogP contribution is -2.17. The number of halogens is 2. The SMILES string of the molecule is CCCc1ccc(C(NC)c2cc(F)cc(Br)c2)cc1. The number of benzene rings is 2. The molecule has 0 spiro atoms. The van der Waals surface area contributed by atoms with Crippen molar-refractivity contribution in [3.63, 3.8) is 0 Å². The van der Waals surface area contributed by atoms with Gasteiger partial charge < -0.3 is 5.32 Å². The van der Waals surface area contributed by atoms with Crippen LogP contribution >= 0.6 is 15.9 Å². The predicted molar refractivity (Wildman–Crippen MR) is 85.4 cm³/mol. The second-order valence-electron chi connectivity index (χ2n) is 4.92. The van der Waals surface area contributed by atoms with Gasteiger partial charge in [-0.25, -0.2) is 4.39 Å². The second kappa shape index (κ2) is 7.00. The molecule has 1 N–H and O–H groups in total. The fourth-order valence-corrected chi connectivity index (χ4v) is 2.92. The number of nitrogens with one attached hydrogen (secondary N) is 1. The summed E-state index contributed by atoms with van der Waals surface area (Å²) in [7, 11) is 1.89. The highest BCUT2D eigenvalue weighted by Crippen LogP contribution is 2.26. The maximum absolute atomic E-state index is 13.5. The van der Waals surface area contributed by atoms with Crippen LogP contribution in [0.15, 0.2) is 46.9 Å². The first-order valence-corrected chi connectivity index (χ1v) is 7.65. The van der Waals surface area contributed by atoms with Gasteiger partial charge in [0.05, 0.1) is 6.04 Å². The van der Waals surface area contributed by atoms with Crippen LogP contribution in [0.5, 0.6) is 0 Å². The molecule has 2 aromatic carbocycles. The summed E-state index contributed by atoms with van der Waals surface area (Å²) in [5.74, 6) is -0.225. The van der Waals surface area contributed by atoms with Crippen molar-refractivity contribution in [2.45, 2.75) is 25.8 Å². The summed E-state index contributed by atoms with van der Waals surface area (Å²) >= 11 is 3.35. The minimum absolute atomic E-state index is 0.00215. The third kappa shape index (κ3) is 3.68. The first-order chi connectivity index (χ1) is 9.63. The van der Waals surface area contributed by atoms with E-state index in [2.05, 4.69) is 52.4 Å². The molecule has 20 heavy (non-hydrogen) atoms. The van der Waals surface area contributed by atoms with Gasteiger partial charge in [-0.15, -0.1) is 0 Å². The summed E-state index contributed by atoms with van der Waals surface area (Å²) in [4.78, 5) is 0. The maximum Gasteiger partial charge on any atom is 0.124 e.